The number of rotatable bonds is 4. The number of benzene rings is 1. The van der Waals surface area contributed by atoms with Gasteiger partial charge in [-0.05, 0) is 19.4 Å². The lowest BCUT2D eigenvalue weighted by atomic mass is 10.1. The summed E-state index contributed by atoms with van der Waals surface area (Å²) in [7, 11) is 1.86. The van der Waals surface area contributed by atoms with Crippen LogP contribution in [0, 0.1) is 13.8 Å². The normalized spacial score (nSPS) is 10.8. The second-order valence-corrected chi connectivity index (χ2v) is 4.90. The molecule has 0 aliphatic heterocycles. The Morgan fingerprint density at radius 3 is 2.68 bits per heavy atom. The van der Waals surface area contributed by atoms with Gasteiger partial charge in [0.2, 0.25) is 0 Å². The van der Waals surface area contributed by atoms with Crippen LogP contribution in [-0.4, -0.2) is 9.78 Å². The number of aryl methyl sites for hydroxylation is 3. The zero-order valence-electron chi connectivity index (χ0n) is 11.4. The number of halogens is 1. The number of ether oxygens (including phenoxy) is 1. The molecule has 0 spiro atoms. The van der Waals surface area contributed by atoms with E-state index in [1.807, 2.05) is 39.1 Å². The Kier molecular flexibility index (Phi) is 4.12. The van der Waals surface area contributed by atoms with Crippen molar-refractivity contribution in [1.82, 2.24) is 9.78 Å². The lowest BCUT2D eigenvalue weighted by Crippen LogP contribution is -2.07. The van der Waals surface area contributed by atoms with Crippen molar-refractivity contribution in [2.45, 2.75) is 27.0 Å². The number of nitrogens with zero attached hydrogens (tertiary/aromatic N) is 2. The predicted octanol–water partition coefficient (Wildman–Crippen LogP) is 2.73. The largest absolute Gasteiger partial charge is 0.487 e. The Bertz CT molecular complexity index is 593. The van der Waals surface area contributed by atoms with Gasteiger partial charge in [0.15, 0.2) is 0 Å². The fourth-order valence-corrected chi connectivity index (χ4v) is 2.27. The van der Waals surface area contributed by atoms with Crippen LogP contribution in [0.3, 0.4) is 0 Å². The van der Waals surface area contributed by atoms with Gasteiger partial charge in [0, 0.05) is 19.2 Å². The Morgan fingerprint density at radius 2 is 2.11 bits per heavy atom. The van der Waals surface area contributed by atoms with Crippen LogP contribution in [0.4, 0.5) is 0 Å². The summed E-state index contributed by atoms with van der Waals surface area (Å²) >= 11 is 6.21. The van der Waals surface area contributed by atoms with Gasteiger partial charge in [0.1, 0.15) is 12.4 Å². The molecule has 4 nitrogen and oxygen atoms in total. The molecule has 0 saturated heterocycles. The quantitative estimate of drug-likeness (QED) is 0.936. The van der Waals surface area contributed by atoms with E-state index in [2.05, 4.69) is 5.10 Å². The van der Waals surface area contributed by atoms with Crippen molar-refractivity contribution in [3.05, 3.63) is 45.7 Å². The molecule has 0 atom stereocenters. The lowest BCUT2D eigenvalue weighted by Gasteiger charge is -2.13. The third kappa shape index (κ3) is 2.74. The van der Waals surface area contributed by atoms with Gasteiger partial charge in [0.05, 0.1) is 16.4 Å². The molecule has 1 heterocycles. The molecule has 1 aromatic heterocycles. The lowest BCUT2D eigenvalue weighted by molar-refractivity contribution is 0.290. The number of hydrogen-bond donors (Lipinski definition) is 1. The first-order valence-corrected chi connectivity index (χ1v) is 6.51. The van der Waals surface area contributed by atoms with Crippen molar-refractivity contribution in [1.29, 1.82) is 0 Å². The standard InChI is InChI=1S/C14H18ClN3O/c1-9-5-4-6-11(7-16)14(9)19-8-12-13(15)10(2)17-18(12)3/h4-6H,7-8,16H2,1-3H3. The molecule has 1 aromatic carbocycles. The predicted molar refractivity (Wildman–Crippen MR) is 76.4 cm³/mol. The molecule has 0 bridgehead atoms. The maximum atomic E-state index is 6.21. The van der Waals surface area contributed by atoms with E-state index >= 15 is 0 Å². The van der Waals surface area contributed by atoms with Crippen molar-refractivity contribution in [2.75, 3.05) is 0 Å². The SMILES string of the molecule is Cc1cccc(CN)c1OCc1c(Cl)c(C)nn1C. The van der Waals surface area contributed by atoms with E-state index in [4.69, 9.17) is 22.1 Å². The van der Waals surface area contributed by atoms with Crippen LogP contribution in [0.25, 0.3) is 0 Å². The maximum absolute atomic E-state index is 6.21. The number of aromatic nitrogens is 2. The van der Waals surface area contributed by atoms with Crippen LogP contribution in [0.2, 0.25) is 5.02 Å². The number of para-hydroxylation sites is 1. The van der Waals surface area contributed by atoms with Crippen LogP contribution in [0.5, 0.6) is 5.75 Å². The average Bonchev–Trinajstić information content (AvgIpc) is 2.62. The van der Waals surface area contributed by atoms with Crippen molar-refractivity contribution in [3.63, 3.8) is 0 Å². The summed E-state index contributed by atoms with van der Waals surface area (Å²) < 4.78 is 7.64. The second-order valence-electron chi connectivity index (χ2n) is 4.53. The van der Waals surface area contributed by atoms with Crippen LogP contribution < -0.4 is 10.5 Å². The summed E-state index contributed by atoms with van der Waals surface area (Å²) in [6, 6.07) is 5.95. The zero-order chi connectivity index (χ0) is 14.0. The molecule has 0 amide bonds. The monoisotopic (exact) mass is 279 g/mol. The summed E-state index contributed by atoms with van der Waals surface area (Å²) in [5.41, 5.74) is 9.47. The van der Waals surface area contributed by atoms with Crippen LogP contribution in [-0.2, 0) is 20.2 Å². The summed E-state index contributed by atoms with van der Waals surface area (Å²) in [6.07, 6.45) is 0. The van der Waals surface area contributed by atoms with Gasteiger partial charge < -0.3 is 10.5 Å². The molecule has 2 rings (SSSR count). The maximum Gasteiger partial charge on any atom is 0.131 e. The molecule has 2 aromatic rings. The molecule has 102 valence electrons. The summed E-state index contributed by atoms with van der Waals surface area (Å²) in [5, 5.41) is 4.93. The van der Waals surface area contributed by atoms with E-state index in [1.54, 1.807) is 4.68 Å². The molecular formula is C14H18ClN3O. The Morgan fingerprint density at radius 1 is 1.37 bits per heavy atom. The molecular weight excluding hydrogens is 262 g/mol. The smallest absolute Gasteiger partial charge is 0.131 e. The van der Waals surface area contributed by atoms with E-state index in [-0.39, 0.29) is 0 Å². The Hall–Kier alpha value is -1.52. The third-order valence-electron chi connectivity index (χ3n) is 3.13. The van der Waals surface area contributed by atoms with E-state index in [1.165, 1.54) is 0 Å². The van der Waals surface area contributed by atoms with Crippen molar-refractivity contribution in [3.8, 4) is 5.75 Å². The fourth-order valence-electron chi connectivity index (χ4n) is 2.06. The second kappa shape index (κ2) is 5.63. The number of nitrogens with two attached hydrogens (primary N) is 1. The van der Waals surface area contributed by atoms with Gasteiger partial charge >= 0.3 is 0 Å². The third-order valence-corrected chi connectivity index (χ3v) is 3.62. The van der Waals surface area contributed by atoms with Crippen molar-refractivity contribution < 1.29 is 4.74 Å². The first kappa shape index (κ1) is 13.9. The average molecular weight is 280 g/mol. The first-order chi connectivity index (χ1) is 9.04. The molecule has 2 N–H and O–H groups in total. The Labute approximate surface area is 118 Å². The van der Waals surface area contributed by atoms with Gasteiger partial charge in [-0.3, -0.25) is 4.68 Å². The molecule has 0 aliphatic rings. The molecule has 0 saturated carbocycles. The molecule has 0 unspecified atom stereocenters. The van der Waals surface area contributed by atoms with E-state index in [0.717, 1.165) is 28.3 Å². The van der Waals surface area contributed by atoms with E-state index in [9.17, 15) is 0 Å². The summed E-state index contributed by atoms with van der Waals surface area (Å²) in [5.74, 6) is 0.833. The molecule has 19 heavy (non-hydrogen) atoms. The fraction of sp³-hybridized carbons (Fsp3) is 0.357. The molecule has 0 radical (unpaired) electrons. The first-order valence-electron chi connectivity index (χ1n) is 6.14. The highest BCUT2D eigenvalue weighted by Gasteiger charge is 2.13. The minimum Gasteiger partial charge on any atom is -0.487 e. The van der Waals surface area contributed by atoms with Crippen LogP contribution >= 0.6 is 11.6 Å². The minimum absolute atomic E-state index is 0.383. The molecule has 0 aliphatic carbocycles. The van der Waals surface area contributed by atoms with E-state index in [0.29, 0.717) is 18.2 Å². The summed E-state index contributed by atoms with van der Waals surface area (Å²) in [4.78, 5) is 0. The number of hydrogen-bond acceptors (Lipinski definition) is 3. The highest BCUT2D eigenvalue weighted by Crippen LogP contribution is 2.26. The topological polar surface area (TPSA) is 53.1 Å². The minimum atomic E-state index is 0.383. The van der Waals surface area contributed by atoms with E-state index < -0.39 is 0 Å². The van der Waals surface area contributed by atoms with Gasteiger partial charge in [-0.25, -0.2) is 0 Å². The van der Waals surface area contributed by atoms with Gasteiger partial charge in [0.25, 0.3) is 0 Å². The molecule has 5 heteroatoms. The summed E-state index contributed by atoms with van der Waals surface area (Å²) in [6.45, 7) is 4.72. The highest BCUT2D eigenvalue weighted by atomic mass is 35.5. The van der Waals surface area contributed by atoms with Crippen molar-refractivity contribution in [2.24, 2.45) is 12.8 Å². The zero-order valence-corrected chi connectivity index (χ0v) is 12.2. The molecule has 0 fully saturated rings. The van der Waals surface area contributed by atoms with Crippen LogP contribution in [0.15, 0.2) is 18.2 Å². The highest BCUT2D eigenvalue weighted by molar-refractivity contribution is 6.31. The van der Waals surface area contributed by atoms with Gasteiger partial charge in [-0.2, -0.15) is 5.10 Å². The Balaban J connectivity index is 2.24. The van der Waals surface area contributed by atoms with Gasteiger partial charge in [-0.15, -0.1) is 0 Å². The van der Waals surface area contributed by atoms with Gasteiger partial charge in [-0.1, -0.05) is 29.8 Å². The van der Waals surface area contributed by atoms with Crippen LogP contribution in [0.1, 0.15) is 22.5 Å². The van der Waals surface area contributed by atoms with Crippen molar-refractivity contribution >= 4 is 11.6 Å².